The number of piperazine rings is 1. The second-order valence-corrected chi connectivity index (χ2v) is 7.17. The van der Waals surface area contributed by atoms with Crippen molar-refractivity contribution in [1.29, 1.82) is 0 Å². The molecule has 0 saturated carbocycles. The van der Waals surface area contributed by atoms with Crippen molar-refractivity contribution in [3.05, 3.63) is 29.8 Å². The third kappa shape index (κ3) is 3.11. The quantitative estimate of drug-likeness (QED) is 0.827. The van der Waals surface area contributed by atoms with Crippen LogP contribution in [0.1, 0.15) is 45.6 Å². The minimum atomic E-state index is 0.663. The Morgan fingerprint density at radius 1 is 1.14 bits per heavy atom. The molecule has 116 valence electrons. The number of aryl methyl sites for hydroxylation is 1. The van der Waals surface area contributed by atoms with Crippen molar-refractivity contribution in [1.82, 2.24) is 4.90 Å². The Hall–Kier alpha value is -1.02. The summed E-state index contributed by atoms with van der Waals surface area (Å²) >= 11 is 0. The molecule has 2 aliphatic heterocycles. The molecule has 0 aromatic heterocycles. The monoisotopic (exact) mass is 286 g/mol. The number of fused-ring (bicyclic) bond motifs is 1. The Labute approximate surface area is 130 Å². The Morgan fingerprint density at radius 2 is 1.90 bits per heavy atom. The van der Waals surface area contributed by atoms with Crippen molar-refractivity contribution in [2.75, 3.05) is 24.5 Å². The first-order valence-electron chi connectivity index (χ1n) is 8.78. The van der Waals surface area contributed by atoms with Gasteiger partial charge in [0, 0.05) is 30.9 Å². The van der Waals surface area contributed by atoms with Crippen LogP contribution in [0.4, 0.5) is 5.69 Å². The highest BCUT2D eigenvalue weighted by Gasteiger charge is 2.37. The van der Waals surface area contributed by atoms with Crippen molar-refractivity contribution in [3.63, 3.8) is 0 Å². The van der Waals surface area contributed by atoms with E-state index in [1.54, 1.807) is 0 Å². The molecule has 2 nitrogen and oxygen atoms in total. The third-order valence-electron chi connectivity index (χ3n) is 5.30. The van der Waals surface area contributed by atoms with Crippen molar-refractivity contribution in [2.24, 2.45) is 5.92 Å². The zero-order valence-electron chi connectivity index (χ0n) is 13.9. The standard InChI is InChI=1S/C19H30N2/c1-4-6-16-8-10-17(11-9-16)21-13-18-7-5-12-20(18)14-19(21)15(2)3/h8-11,15,18-19H,4-7,12-14H2,1-3H3. The second kappa shape index (κ2) is 6.39. The van der Waals surface area contributed by atoms with Crippen molar-refractivity contribution in [2.45, 2.75) is 58.5 Å². The van der Waals surface area contributed by atoms with E-state index in [0.717, 1.165) is 6.04 Å². The molecule has 2 atom stereocenters. The van der Waals surface area contributed by atoms with E-state index < -0.39 is 0 Å². The SMILES string of the molecule is CCCc1ccc(N2CC3CCCN3CC2C(C)C)cc1. The Balaban J connectivity index is 1.80. The van der Waals surface area contributed by atoms with Gasteiger partial charge < -0.3 is 4.90 Å². The van der Waals surface area contributed by atoms with Gasteiger partial charge in [0.05, 0.1) is 0 Å². The first kappa shape index (κ1) is 14.9. The molecule has 2 saturated heterocycles. The van der Waals surface area contributed by atoms with Gasteiger partial charge in [-0.3, -0.25) is 4.90 Å². The Kier molecular flexibility index (Phi) is 4.54. The maximum atomic E-state index is 2.73. The molecule has 0 spiro atoms. The van der Waals surface area contributed by atoms with Gasteiger partial charge in [0.1, 0.15) is 0 Å². The number of hydrogen-bond acceptors (Lipinski definition) is 2. The normalized spacial score (nSPS) is 26.4. The lowest BCUT2D eigenvalue weighted by molar-refractivity contribution is 0.176. The number of hydrogen-bond donors (Lipinski definition) is 0. The fraction of sp³-hybridized carbons (Fsp3) is 0.684. The minimum Gasteiger partial charge on any atom is -0.365 e. The summed E-state index contributed by atoms with van der Waals surface area (Å²) in [7, 11) is 0. The molecule has 0 amide bonds. The van der Waals surface area contributed by atoms with Crippen LogP contribution < -0.4 is 4.90 Å². The summed E-state index contributed by atoms with van der Waals surface area (Å²) in [4.78, 5) is 5.42. The van der Waals surface area contributed by atoms with E-state index in [1.165, 1.54) is 56.6 Å². The Bertz CT molecular complexity index is 451. The number of anilines is 1. The predicted octanol–water partition coefficient (Wildman–Crippen LogP) is 3.95. The molecule has 0 N–H and O–H groups in total. The van der Waals surface area contributed by atoms with Crippen molar-refractivity contribution >= 4 is 5.69 Å². The van der Waals surface area contributed by atoms with E-state index in [4.69, 9.17) is 0 Å². The van der Waals surface area contributed by atoms with Gasteiger partial charge in [-0.1, -0.05) is 39.3 Å². The lowest BCUT2D eigenvalue weighted by Crippen LogP contribution is -2.58. The fourth-order valence-electron chi connectivity index (χ4n) is 4.05. The topological polar surface area (TPSA) is 6.48 Å². The predicted molar refractivity (Wildman–Crippen MR) is 91.0 cm³/mol. The molecule has 0 radical (unpaired) electrons. The molecular formula is C19H30N2. The van der Waals surface area contributed by atoms with Crippen LogP contribution in [0.3, 0.4) is 0 Å². The first-order valence-corrected chi connectivity index (χ1v) is 8.78. The van der Waals surface area contributed by atoms with Crippen LogP contribution in [0, 0.1) is 5.92 Å². The molecule has 0 bridgehead atoms. The van der Waals surface area contributed by atoms with E-state index in [2.05, 4.69) is 54.8 Å². The van der Waals surface area contributed by atoms with Gasteiger partial charge in [0.15, 0.2) is 0 Å². The molecule has 0 aliphatic carbocycles. The van der Waals surface area contributed by atoms with Gasteiger partial charge in [0.25, 0.3) is 0 Å². The largest absolute Gasteiger partial charge is 0.365 e. The molecule has 1 aromatic carbocycles. The van der Waals surface area contributed by atoms with Crippen LogP contribution in [-0.4, -0.2) is 36.6 Å². The van der Waals surface area contributed by atoms with Gasteiger partial charge in [-0.05, 0) is 49.4 Å². The molecule has 2 heteroatoms. The summed E-state index contributed by atoms with van der Waals surface area (Å²) < 4.78 is 0. The molecule has 2 heterocycles. The summed E-state index contributed by atoms with van der Waals surface area (Å²) in [6.45, 7) is 10.8. The van der Waals surface area contributed by atoms with Crippen LogP contribution in [-0.2, 0) is 6.42 Å². The minimum absolute atomic E-state index is 0.663. The Morgan fingerprint density at radius 3 is 2.57 bits per heavy atom. The zero-order chi connectivity index (χ0) is 14.8. The number of nitrogens with zero attached hydrogens (tertiary/aromatic N) is 2. The van der Waals surface area contributed by atoms with Crippen molar-refractivity contribution in [3.8, 4) is 0 Å². The van der Waals surface area contributed by atoms with Gasteiger partial charge in [-0.25, -0.2) is 0 Å². The lowest BCUT2D eigenvalue weighted by atomic mass is 9.96. The summed E-state index contributed by atoms with van der Waals surface area (Å²) in [6.07, 6.45) is 5.20. The maximum absolute atomic E-state index is 2.73. The van der Waals surface area contributed by atoms with Crippen LogP contribution in [0.2, 0.25) is 0 Å². The fourth-order valence-corrected chi connectivity index (χ4v) is 4.05. The molecule has 2 aliphatic rings. The van der Waals surface area contributed by atoms with Crippen LogP contribution in [0.5, 0.6) is 0 Å². The average Bonchev–Trinajstić information content (AvgIpc) is 2.94. The van der Waals surface area contributed by atoms with E-state index in [-0.39, 0.29) is 0 Å². The lowest BCUT2D eigenvalue weighted by Gasteiger charge is -2.47. The van der Waals surface area contributed by atoms with E-state index in [0.29, 0.717) is 12.0 Å². The van der Waals surface area contributed by atoms with Crippen LogP contribution >= 0.6 is 0 Å². The molecule has 3 rings (SSSR count). The number of benzene rings is 1. The number of rotatable bonds is 4. The van der Waals surface area contributed by atoms with E-state index >= 15 is 0 Å². The van der Waals surface area contributed by atoms with E-state index in [9.17, 15) is 0 Å². The summed E-state index contributed by atoms with van der Waals surface area (Å²) in [5.74, 6) is 0.710. The summed E-state index contributed by atoms with van der Waals surface area (Å²) in [5, 5.41) is 0. The highest BCUT2D eigenvalue weighted by molar-refractivity contribution is 5.50. The molecule has 2 unspecified atom stereocenters. The smallest absolute Gasteiger partial charge is 0.0440 e. The van der Waals surface area contributed by atoms with Crippen molar-refractivity contribution < 1.29 is 0 Å². The molecule has 1 aromatic rings. The van der Waals surface area contributed by atoms with Gasteiger partial charge in [-0.15, -0.1) is 0 Å². The van der Waals surface area contributed by atoms with Gasteiger partial charge in [-0.2, -0.15) is 0 Å². The van der Waals surface area contributed by atoms with E-state index in [1.807, 2.05) is 0 Å². The van der Waals surface area contributed by atoms with Gasteiger partial charge >= 0.3 is 0 Å². The average molecular weight is 286 g/mol. The second-order valence-electron chi connectivity index (χ2n) is 7.17. The van der Waals surface area contributed by atoms with Crippen LogP contribution in [0.25, 0.3) is 0 Å². The molecule has 2 fully saturated rings. The van der Waals surface area contributed by atoms with Gasteiger partial charge in [0.2, 0.25) is 0 Å². The zero-order valence-corrected chi connectivity index (χ0v) is 13.9. The van der Waals surface area contributed by atoms with Crippen LogP contribution in [0.15, 0.2) is 24.3 Å². The molecular weight excluding hydrogens is 256 g/mol. The highest BCUT2D eigenvalue weighted by atomic mass is 15.3. The maximum Gasteiger partial charge on any atom is 0.0440 e. The summed E-state index contributed by atoms with van der Waals surface area (Å²) in [5.41, 5.74) is 2.90. The molecule has 21 heavy (non-hydrogen) atoms. The highest BCUT2D eigenvalue weighted by Crippen LogP contribution is 2.31. The third-order valence-corrected chi connectivity index (χ3v) is 5.30. The first-order chi connectivity index (χ1) is 10.2. The summed E-state index contributed by atoms with van der Waals surface area (Å²) in [6, 6.07) is 10.8.